The summed E-state index contributed by atoms with van der Waals surface area (Å²) in [6.07, 6.45) is -4.76. The fraction of sp³-hybridized carbons (Fsp3) is 0.316. The van der Waals surface area contributed by atoms with E-state index in [1.807, 2.05) is 26.8 Å². The second-order valence-electron chi connectivity index (χ2n) is 6.20. The van der Waals surface area contributed by atoms with Crippen LogP contribution in [0.25, 0.3) is 0 Å². The van der Waals surface area contributed by atoms with Crippen LogP contribution >= 0.6 is 11.6 Å². The van der Waals surface area contributed by atoms with Crippen molar-refractivity contribution in [1.82, 2.24) is 0 Å². The first-order chi connectivity index (χ1) is 12.5. The molecule has 0 aliphatic heterocycles. The fourth-order valence-electron chi connectivity index (χ4n) is 2.33. The Kier molecular flexibility index (Phi) is 6.59. The van der Waals surface area contributed by atoms with Crippen molar-refractivity contribution in [1.29, 1.82) is 0 Å². The number of ether oxygens (including phenoxy) is 2. The van der Waals surface area contributed by atoms with Crippen molar-refractivity contribution in [2.45, 2.75) is 33.1 Å². The van der Waals surface area contributed by atoms with Gasteiger partial charge in [0.25, 0.3) is 5.91 Å². The monoisotopic (exact) mass is 401 g/mol. The fourth-order valence-corrected chi connectivity index (χ4v) is 2.50. The van der Waals surface area contributed by atoms with Crippen molar-refractivity contribution in [3.8, 4) is 11.5 Å². The van der Waals surface area contributed by atoms with Crippen LogP contribution in [-0.2, 0) is 4.79 Å². The molecule has 0 aliphatic rings. The predicted molar refractivity (Wildman–Crippen MR) is 97.5 cm³/mol. The quantitative estimate of drug-likeness (QED) is 0.676. The maximum atomic E-state index is 12.1. The first-order valence-corrected chi connectivity index (χ1v) is 8.51. The molecule has 1 amide bonds. The van der Waals surface area contributed by atoms with Gasteiger partial charge in [-0.15, -0.1) is 13.2 Å². The van der Waals surface area contributed by atoms with Gasteiger partial charge in [-0.1, -0.05) is 25.4 Å². The summed E-state index contributed by atoms with van der Waals surface area (Å²) in [5, 5.41) is 3.17. The number of carbonyl (C=O) groups excluding carboxylic acids is 1. The number of rotatable bonds is 6. The molecule has 0 saturated carbocycles. The van der Waals surface area contributed by atoms with Gasteiger partial charge < -0.3 is 14.8 Å². The minimum Gasteiger partial charge on any atom is -0.483 e. The number of carbonyl (C=O) groups is 1. The molecular weight excluding hydrogens is 383 g/mol. The normalized spacial score (nSPS) is 11.4. The second kappa shape index (κ2) is 8.52. The molecule has 2 aromatic carbocycles. The number of aryl methyl sites for hydroxylation is 1. The molecule has 0 fully saturated rings. The second-order valence-corrected chi connectivity index (χ2v) is 6.61. The molecule has 8 heteroatoms. The van der Waals surface area contributed by atoms with Gasteiger partial charge in [0.15, 0.2) is 6.61 Å². The van der Waals surface area contributed by atoms with Crippen molar-refractivity contribution in [3.05, 3.63) is 52.5 Å². The molecule has 4 nitrogen and oxygen atoms in total. The molecule has 0 spiro atoms. The van der Waals surface area contributed by atoms with Crippen molar-refractivity contribution >= 4 is 23.2 Å². The lowest BCUT2D eigenvalue weighted by Gasteiger charge is -2.16. The van der Waals surface area contributed by atoms with Gasteiger partial charge >= 0.3 is 6.36 Å². The molecule has 0 aliphatic carbocycles. The van der Waals surface area contributed by atoms with Crippen molar-refractivity contribution in [2.24, 2.45) is 0 Å². The largest absolute Gasteiger partial charge is 0.573 e. The number of halogens is 4. The molecule has 146 valence electrons. The lowest BCUT2D eigenvalue weighted by atomic mass is 10.0. The molecule has 0 heterocycles. The van der Waals surface area contributed by atoms with Crippen LogP contribution in [0.5, 0.6) is 11.5 Å². The smallest absolute Gasteiger partial charge is 0.483 e. The first kappa shape index (κ1) is 20.9. The summed E-state index contributed by atoms with van der Waals surface area (Å²) in [5.41, 5.74) is 2.04. The van der Waals surface area contributed by atoms with E-state index < -0.39 is 12.3 Å². The Bertz CT molecular complexity index is 805. The summed E-state index contributed by atoms with van der Waals surface area (Å²) in [6, 6.07) is 8.44. The van der Waals surface area contributed by atoms with Crippen molar-refractivity contribution in [2.75, 3.05) is 11.9 Å². The molecule has 2 aromatic rings. The topological polar surface area (TPSA) is 47.6 Å². The zero-order valence-corrected chi connectivity index (χ0v) is 15.7. The van der Waals surface area contributed by atoms with Crippen LogP contribution < -0.4 is 14.8 Å². The van der Waals surface area contributed by atoms with Gasteiger partial charge in [-0.2, -0.15) is 0 Å². The number of hydrogen-bond acceptors (Lipinski definition) is 3. The number of hydrogen-bond donors (Lipinski definition) is 1. The number of amides is 1. The van der Waals surface area contributed by atoms with E-state index in [0.29, 0.717) is 16.5 Å². The summed E-state index contributed by atoms with van der Waals surface area (Å²) in [5.74, 6) is -0.0879. The molecule has 0 bridgehead atoms. The molecule has 0 unspecified atom stereocenters. The minimum atomic E-state index is -4.76. The SMILES string of the molecule is Cc1cc(OCC(=O)Nc2ccc(OC(F)(F)F)cc2)c(C(C)C)cc1Cl. The van der Waals surface area contributed by atoms with Crippen LogP contribution in [0.15, 0.2) is 36.4 Å². The number of nitrogens with one attached hydrogen (secondary N) is 1. The van der Waals surface area contributed by atoms with Gasteiger partial charge in [-0.3, -0.25) is 4.79 Å². The van der Waals surface area contributed by atoms with E-state index in [2.05, 4.69) is 10.1 Å². The number of benzene rings is 2. The highest BCUT2D eigenvalue weighted by Gasteiger charge is 2.30. The van der Waals surface area contributed by atoms with Crippen LogP contribution in [0.1, 0.15) is 30.9 Å². The molecule has 27 heavy (non-hydrogen) atoms. The average Bonchev–Trinajstić information content (AvgIpc) is 2.56. The van der Waals surface area contributed by atoms with Gasteiger partial charge in [0.05, 0.1) is 0 Å². The third-order valence-corrected chi connectivity index (χ3v) is 4.05. The van der Waals surface area contributed by atoms with Gasteiger partial charge in [0.1, 0.15) is 11.5 Å². The highest BCUT2D eigenvalue weighted by atomic mass is 35.5. The maximum Gasteiger partial charge on any atom is 0.573 e. The molecule has 0 radical (unpaired) electrons. The summed E-state index contributed by atoms with van der Waals surface area (Å²) in [6.45, 7) is 5.56. The molecule has 0 atom stereocenters. The highest BCUT2D eigenvalue weighted by Crippen LogP contribution is 2.32. The van der Waals surface area contributed by atoms with Crippen LogP contribution in [0.2, 0.25) is 5.02 Å². The standard InChI is InChI=1S/C19H19ClF3NO3/c1-11(2)15-9-16(20)12(3)8-17(15)26-10-18(25)24-13-4-6-14(7-5-13)27-19(21,22)23/h4-9,11H,10H2,1-3H3,(H,24,25). The Morgan fingerprint density at radius 1 is 1.19 bits per heavy atom. The Balaban J connectivity index is 1.98. The molecule has 0 aromatic heterocycles. The van der Waals surface area contributed by atoms with Gasteiger partial charge in [-0.05, 0) is 60.4 Å². The summed E-state index contributed by atoms with van der Waals surface area (Å²) < 4.78 is 45.8. The first-order valence-electron chi connectivity index (χ1n) is 8.13. The Labute approximate surface area is 160 Å². The summed E-state index contributed by atoms with van der Waals surface area (Å²) in [7, 11) is 0. The van der Waals surface area contributed by atoms with Crippen molar-refractivity contribution < 1.29 is 27.4 Å². The van der Waals surface area contributed by atoms with E-state index in [1.165, 1.54) is 12.1 Å². The van der Waals surface area contributed by atoms with E-state index in [1.54, 1.807) is 6.07 Å². The third kappa shape index (κ3) is 6.36. The Morgan fingerprint density at radius 2 is 1.81 bits per heavy atom. The van der Waals surface area contributed by atoms with E-state index in [-0.39, 0.29) is 18.3 Å². The minimum absolute atomic E-state index is 0.155. The van der Waals surface area contributed by atoms with Gasteiger partial charge in [-0.25, -0.2) is 0 Å². The van der Waals surface area contributed by atoms with E-state index in [0.717, 1.165) is 23.3 Å². The molecule has 0 saturated heterocycles. The highest BCUT2D eigenvalue weighted by molar-refractivity contribution is 6.31. The number of alkyl halides is 3. The van der Waals surface area contributed by atoms with Crippen LogP contribution in [0.3, 0.4) is 0 Å². The van der Waals surface area contributed by atoms with Gasteiger partial charge in [0.2, 0.25) is 0 Å². The van der Waals surface area contributed by atoms with Gasteiger partial charge in [0, 0.05) is 10.7 Å². The maximum absolute atomic E-state index is 12.1. The summed E-state index contributed by atoms with van der Waals surface area (Å²) >= 11 is 6.14. The predicted octanol–water partition coefficient (Wildman–Crippen LogP) is 5.69. The summed E-state index contributed by atoms with van der Waals surface area (Å²) in [4.78, 5) is 12.1. The Hall–Kier alpha value is -2.41. The zero-order valence-electron chi connectivity index (χ0n) is 15.0. The van der Waals surface area contributed by atoms with E-state index >= 15 is 0 Å². The lowest BCUT2D eigenvalue weighted by molar-refractivity contribution is -0.274. The lowest BCUT2D eigenvalue weighted by Crippen LogP contribution is -2.21. The van der Waals surface area contributed by atoms with E-state index in [4.69, 9.17) is 16.3 Å². The third-order valence-electron chi connectivity index (χ3n) is 3.64. The molecule has 2 rings (SSSR count). The average molecular weight is 402 g/mol. The molecular formula is C19H19ClF3NO3. The van der Waals surface area contributed by atoms with Crippen molar-refractivity contribution in [3.63, 3.8) is 0 Å². The van der Waals surface area contributed by atoms with Crippen LogP contribution in [0, 0.1) is 6.92 Å². The Morgan fingerprint density at radius 3 is 2.37 bits per heavy atom. The van der Waals surface area contributed by atoms with E-state index in [9.17, 15) is 18.0 Å². The molecule has 1 N–H and O–H groups in total. The van der Waals surface area contributed by atoms with Crippen LogP contribution in [-0.4, -0.2) is 18.9 Å². The van der Waals surface area contributed by atoms with Crippen LogP contribution in [0.4, 0.5) is 18.9 Å². The zero-order chi connectivity index (χ0) is 20.2. The number of anilines is 1.